The Morgan fingerprint density at radius 3 is 2.53 bits per heavy atom. The van der Waals surface area contributed by atoms with E-state index in [4.69, 9.17) is 0 Å². The Morgan fingerprint density at radius 2 is 1.83 bits per heavy atom. The van der Waals surface area contributed by atoms with Gasteiger partial charge in [0.15, 0.2) is 0 Å². The van der Waals surface area contributed by atoms with Gasteiger partial charge in [-0.1, -0.05) is 18.9 Å². The molecule has 7 nitrogen and oxygen atoms in total. The van der Waals surface area contributed by atoms with Gasteiger partial charge >= 0.3 is 0 Å². The number of non-ortho nitro benzene ring substituents is 1. The number of nitro benzene ring substituents is 1. The Hall–Kier alpha value is -3.48. The lowest BCUT2D eigenvalue weighted by Crippen LogP contribution is -2.33. The van der Waals surface area contributed by atoms with Gasteiger partial charge in [-0.15, -0.1) is 0 Å². The minimum absolute atomic E-state index is 0.00597. The van der Waals surface area contributed by atoms with Crippen LogP contribution >= 0.6 is 0 Å². The molecule has 1 heterocycles. The third-order valence-electron chi connectivity index (χ3n) is 5.75. The molecule has 0 radical (unpaired) electrons. The van der Waals surface area contributed by atoms with Crippen molar-refractivity contribution in [1.82, 2.24) is 0 Å². The molecule has 1 aliphatic heterocycles. The average molecular weight is 405 g/mol. The molecule has 0 atom stereocenters. The van der Waals surface area contributed by atoms with Gasteiger partial charge in [0.1, 0.15) is 0 Å². The van der Waals surface area contributed by atoms with Gasteiger partial charge in [-0.3, -0.25) is 19.7 Å². The first-order valence-electron chi connectivity index (χ1n) is 10.2. The van der Waals surface area contributed by atoms with Gasteiger partial charge in [-0.25, -0.2) is 0 Å². The first-order valence-corrected chi connectivity index (χ1v) is 10.2. The van der Waals surface area contributed by atoms with Crippen LogP contribution in [0.4, 0.5) is 17.1 Å². The van der Waals surface area contributed by atoms with Gasteiger partial charge in [0.2, 0.25) is 11.8 Å². The predicted molar refractivity (Wildman–Crippen MR) is 115 cm³/mol. The number of hydrogen-bond donors (Lipinski definition) is 1. The first-order chi connectivity index (χ1) is 14.5. The first kappa shape index (κ1) is 19.8. The van der Waals surface area contributed by atoms with Crippen LogP contribution in [-0.2, 0) is 16.0 Å². The SMILES string of the molecule is O=C(/C=C/c1ccc([N+](=O)[O-])cc1)Nc1ccc2c(c1)N(C(=O)C1CCCC1)CC2. The summed E-state index contributed by atoms with van der Waals surface area (Å²) in [6, 6.07) is 11.6. The van der Waals surface area contributed by atoms with Crippen LogP contribution in [0.25, 0.3) is 6.08 Å². The summed E-state index contributed by atoms with van der Waals surface area (Å²) in [5, 5.41) is 13.5. The van der Waals surface area contributed by atoms with Crippen LogP contribution in [-0.4, -0.2) is 23.3 Å². The molecule has 0 bridgehead atoms. The van der Waals surface area contributed by atoms with E-state index >= 15 is 0 Å². The number of carbonyl (C=O) groups excluding carboxylic acids is 2. The van der Waals surface area contributed by atoms with Crippen molar-refractivity contribution in [3.63, 3.8) is 0 Å². The number of anilines is 2. The van der Waals surface area contributed by atoms with Crippen molar-refractivity contribution in [2.24, 2.45) is 5.92 Å². The fraction of sp³-hybridized carbons (Fsp3) is 0.304. The molecule has 0 unspecified atom stereocenters. The van der Waals surface area contributed by atoms with Crippen molar-refractivity contribution >= 4 is 35.0 Å². The Kier molecular flexibility index (Phi) is 5.61. The van der Waals surface area contributed by atoms with E-state index in [2.05, 4.69) is 5.32 Å². The second-order valence-corrected chi connectivity index (χ2v) is 7.74. The highest BCUT2D eigenvalue weighted by Gasteiger charge is 2.31. The molecule has 7 heteroatoms. The molecule has 0 aromatic heterocycles. The fourth-order valence-corrected chi connectivity index (χ4v) is 4.14. The number of rotatable bonds is 5. The number of fused-ring (bicyclic) bond motifs is 1. The summed E-state index contributed by atoms with van der Waals surface area (Å²) in [6.07, 6.45) is 7.99. The van der Waals surface area contributed by atoms with Crippen LogP contribution in [0.15, 0.2) is 48.5 Å². The number of benzene rings is 2. The van der Waals surface area contributed by atoms with Crippen molar-refractivity contribution in [2.75, 3.05) is 16.8 Å². The van der Waals surface area contributed by atoms with Crippen LogP contribution < -0.4 is 10.2 Å². The van der Waals surface area contributed by atoms with Crippen LogP contribution in [0.3, 0.4) is 0 Å². The third kappa shape index (κ3) is 4.25. The molecule has 0 saturated heterocycles. The molecule has 30 heavy (non-hydrogen) atoms. The Labute approximate surface area is 174 Å². The van der Waals surface area contributed by atoms with E-state index in [9.17, 15) is 19.7 Å². The second-order valence-electron chi connectivity index (χ2n) is 7.74. The minimum Gasteiger partial charge on any atom is -0.322 e. The van der Waals surface area contributed by atoms with E-state index in [1.165, 1.54) is 18.2 Å². The van der Waals surface area contributed by atoms with E-state index < -0.39 is 4.92 Å². The lowest BCUT2D eigenvalue weighted by atomic mass is 10.1. The van der Waals surface area contributed by atoms with E-state index in [1.54, 1.807) is 18.2 Å². The van der Waals surface area contributed by atoms with Crippen LogP contribution in [0.2, 0.25) is 0 Å². The van der Waals surface area contributed by atoms with Gasteiger partial charge in [0, 0.05) is 42.0 Å². The molecule has 4 rings (SSSR count). The molecule has 1 saturated carbocycles. The van der Waals surface area contributed by atoms with Crippen LogP contribution in [0, 0.1) is 16.0 Å². The Morgan fingerprint density at radius 1 is 1.10 bits per heavy atom. The standard InChI is InChI=1S/C23H23N3O4/c27-22(12-7-16-5-10-20(11-6-16)26(29)30)24-19-9-8-17-13-14-25(21(17)15-19)23(28)18-3-1-2-4-18/h5-12,15,18H,1-4,13-14H2,(H,24,27)/b12-7+. The number of hydrogen-bond acceptors (Lipinski definition) is 4. The lowest BCUT2D eigenvalue weighted by Gasteiger charge is -2.21. The normalized spacial score (nSPS) is 16.1. The van der Waals surface area contributed by atoms with Gasteiger partial charge < -0.3 is 10.2 Å². The zero-order chi connectivity index (χ0) is 21.1. The summed E-state index contributed by atoms with van der Waals surface area (Å²) in [5.74, 6) is 0.0200. The van der Waals surface area contributed by atoms with Gasteiger partial charge in [0.25, 0.3) is 5.69 Å². The van der Waals surface area contributed by atoms with Crippen molar-refractivity contribution < 1.29 is 14.5 Å². The van der Waals surface area contributed by atoms with Gasteiger partial charge in [0.05, 0.1) is 4.92 Å². The Bertz CT molecular complexity index is 1010. The quantitative estimate of drug-likeness (QED) is 0.455. The summed E-state index contributed by atoms with van der Waals surface area (Å²) >= 11 is 0. The minimum atomic E-state index is -0.463. The zero-order valence-electron chi connectivity index (χ0n) is 16.5. The highest BCUT2D eigenvalue weighted by atomic mass is 16.6. The molecular formula is C23H23N3O4. The number of nitrogens with zero attached hydrogens (tertiary/aromatic N) is 2. The largest absolute Gasteiger partial charge is 0.322 e. The molecule has 154 valence electrons. The second kappa shape index (κ2) is 8.49. The van der Waals surface area contributed by atoms with Crippen molar-refractivity contribution in [3.8, 4) is 0 Å². The van der Waals surface area contributed by atoms with Crippen LogP contribution in [0.1, 0.15) is 36.8 Å². The van der Waals surface area contributed by atoms with Crippen LogP contribution in [0.5, 0.6) is 0 Å². The maximum Gasteiger partial charge on any atom is 0.269 e. The fourth-order valence-electron chi connectivity index (χ4n) is 4.14. The zero-order valence-corrected chi connectivity index (χ0v) is 16.5. The summed E-state index contributed by atoms with van der Waals surface area (Å²) in [5.41, 5.74) is 3.35. The lowest BCUT2D eigenvalue weighted by molar-refractivity contribution is -0.384. The molecular weight excluding hydrogens is 382 g/mol. The van der Waals surface area contributed by atoms with Gasteiger partial charge in [-0.05, 0) is 60.7 Å². The number of carbonyl (C=O) groups is 2. The summed E-state index contributed by atoms with van der Waals surface area (Å²) in [6.45, 7) is 0.697. The summed E-state index contributed by atoms with van der Waals surface area (Å²) in [4.78, 5) is 37.3. The predicted octanol–water partition coefficient (Wildman–Crippen LogP) is 4.33. The average Bonchev–Trinajstić information content (AvgIpc) is 3.42. The van der Waals surface area contributed by atoms with E-state index in [1.807, 2.05) is 23.1 Å². The molecule has 0 spiro atoms. The topological polar surface area (TPSA) is 92.5 Å². The smallest absolute Gasteiger partial charge is 0.269 e. The third-order valence-corrected chi connectivity index (χ3v) is 5.75. The maximum atomic E-state index is 12.9. The molecule has 1 aliphatic carbocycles. The van der Waals surface area contributed by atoms with E-state index in [0.717, 1.165) is 43.4 Å². The monoisotopic (exact) mass is 405 g/mol. The molecule has 1 N–H and O–H groups in total. The van der Waals surface area contributed by atoms with E-state index in [-0.39, 0.29) is 23.4 Å². The number of amides is 2. The highest BCUT2D eigenvalue weighted by molar-refractivity contribution is 6.03. The van der Waals surface area contributed by atoms with Gasteiger partial charge in [-0.2, -0.15) is 0 Å². The van der Waals surface area contributed by atoms with Crippen molar-refractivity contribution in [3.05, 3.63) is 69.8 Å². The summed E-state index contributed by atoms with van der Waals surface area (Å²) in [7, 11) is 0. The highest BCUT2D eigenvalue weighted by Crippen LogP contribution is 2.35. The molecule has 2 aliphatic rings. The molecule has 2 amide bonds. The van der Waals surface area contributed by atoms with Crippen molar-refractivity contribution in [2.45, 2.75) is 32.1 Å². The van der Waals surface area contributed by atoms with Crippen molar-refractivity contribution in [1.29, 1.82) is 0 Å². The number of nitrogens with one attached hydrogen (secondary N) is 1. The molecule has 1 fully saturated rings. The molecule has 2 aromatic rings. The van der Waals surface area contributed by atoms with E-state index in [0.29, 0.717) is 17.8 Å². The number of nitro groups is 1. The molecule has 2 aromatic carbocycles. The maximum absolute atomic E-state index is 12.9. The summed E-state index contributed by atoms with van der Waals surface area (Å²) < 4.78 is 0. The Balaban J connectivity index is 1.42.